The fourth-order valence-corrected chi connectivity index (χ4v) is 3.86. The first-order valence-corrected chi connectivity index (χ1v) is 9.90. The molecule has 0 spiro atoms. The number of thiazole rings is 1. The molecule has 0 aliphatic heterocycles. The van der Waals surface area contributed by atoms with Crippen LogP contribution in [0, 0.1) is 11.3 Å². The Morgan fingerprint density at radius 2 is 1.82 bits per heavy atom. The second-order valence-electron chi connectivity index (χ2n) is 5.68. The summed E-state index contributed by atoms with van der Waals surface area (Å²) in [5.74, 6) is 1.56. The van der Waals surface area contributed by atoms with Crippen molar-refractivity contribution in [2.75, 3.05) is 21.3 Å². The largest absolute Gasteiger partial charge is 0.493 e. The molecule has 0 bridgehead atoms. The van der Waals surface area contributed by atoms with E-state index in [1.165, 1.54) is 11.3 Å². The lowest BCUT2D eigenvalue weighted by atomic mass is 10.1. The molecule has 0 aliphatic rings. The average molecular weight is 457 g/mol. The Labute approximate surface area is 176 Å². The molecule has 0 amide bonds. The minimum Gasteiger partial charge on any atom is -0.493 e. The Kier molecular flexibility index (Phi) is 6.34. The highest BCUT2D eigenvalue weighted by molar-refractivity contribution is 9.10. The van der Waals surface area contributed by atoms with Crippen LogP contribution in [0.15, 0.2) is 46.3 Å². The van der Waals surface area contributed by atoms with E-state index in [4.69, 9.17) is 14.2 Å². The summed E-state index contributed by atoms with van der Waals surface area (Å²) in [6, 6.07) is 13.7. The van der Waals surface area contributed by atoms with Crippen molar-refractivity contribution in [1.82, 2.24) is 4.98 Å². The minimum absolute atomic E-state index is 0.459. The molecule has 3 rings (SSSR count). The summed E-state index contributed by atoms with van der Waals surface area (Å²) < 4.78 is 17.1. The van der Waals surface area contributed by atoms with Gasteiger partial charge in [-0.1, -0.05) is 28.1 Å². The highest BCUT2D eigenvalue weighted by atomic mass is 79.9. The molecule has 2 aromatic carbocycles. The number of aromatic nitrogens is 1. The summed E-state index contributed by atoms with van der Waals surface area (Å²) in [5, 5.41) is 12.3. The van der Waals surface area contributed by atoms with Crippen LogP contribution in [-0.2, 0) is 0 Å². The number of hydrogen-bond donors (Lipinski definition) is 0. The molecule has 0 aliphatic carbocycles. The number of ether oxygens (including phenoxy) is 3. The van der Waals surface area contributed by atoms with Crippen molar-refractivity contribution in [1.29, 1.82) is 5.26 Å². The molecule has 0 saturated heterocycles. The van der Waals surface area contributed by atoms with Gasteiger partial charge in [0.05, 0.1) is 32.6 Å². The lowest BCUT2D eigenvalue weighted by Crippen LogP contribution is -1.95. The summed E-state index contributed by atoms with van der Waals surface area (Å²) in [7, 11) is 4.66. The number of rotatable bonds is 6. The van der Waals surface area contributed by atoms with Crippen molar-refractivity contribution in [3.63, 3.8) is 0 Å². The molecule has 0 radical (unpaired) electrons. The predicted octanol–water partition coefficient (Wildman–Crippen LogP) is 5.66. The molecule has 0 saturated carbocycles. The van der Waals surface area contributed by atoms with E-state index in [0.717, 1.165) is 21.3 Å². The van der Waals surface area contributed by atoms with Crippen molar-refractivity contribution < 1.29 is 14.2 Å². The fraction of sp³-hybridized carbons (Fsp3) is 0.143. The van der Waals surface area contributed by atoms with Gasteiger partial charge in [-0.15, -0.1) is 11.3 Å². The van der Waals surface area contributed by atoms with Crippen LogP contribution in [0.25, 0.3) is 22.9 Å². The van der Waals surface area contributed by atoms with E-state index in [1.54, 1.807) is 39.5 Å². The third-order valence-corrected chi connectivity index (χ3v) is 5.34. The van der Waals surface area contributed by atoms with Crippen molar-refractivity contribution in [2.24, 2.45) is 0 Å². The second-order valence-corrected chi connectivity index (χ2v) is 7.45. The smallest absolute Gasteiger partial charge is 0.203 e. The lowest BCUT2D eigenvalue weighted by molar-refractivity contribution is 0.324. The minimum atomic E-state index is 0.459. The Morgan fingerprint density at radius 3 is 2.39 bits per heavy atom. The monoisotopic (exact) mass is 456 g/mol. The molecule has 3 aromatic rings. The first kappa shape index (κ1) is 19.9. The molecule has 0 atom stereocenters. The van der Waals surface area contributed by atoms with Crippen molar-refractivity contribution >= 4 is 38.9 Å². The summed E-state index contributed by atoms with van der Waals surface area (Å²) in [6.45, 7) is 0. The van der Waals surface area contributed by atoms with Crippen molar-refractivity contribution in [2.45, 2.75) is 0 Å². The second kappa shape index (κ2) is 8.91. The number of nitriles is 1. The molecule has 0 N–H and O–H groups in total. The predicted molar refractivity (Wildman–Crippen MR) is 115 cm³/mol. The lowest BCUT2D eigenvalue weighted by Gasteiger charge is -2.13. The van der Waals surface area contributed by atoms with Crippen LogP contribution in [0.1, 0.15) is 10.6 Å². The SMILES string of the molecule is COc1cc(/C=C(/C#N)c2nc(-c3cccc(Br)c3)cs2)cc(OC)c1OC. The van der Waals surface area contributed by atoms with E-state index < -0.39 is 0 Å². The topological polar surface area (TPSA) is 64.4 Å². The molecule has 1 aromatic heterocycles. The van der Waals surface area contributed by atoms with Gasteiger partial charge in [0, 0.05) is 15.4 Å². The zero-order valence-electron chi connectivity index (χ0n) is 15.5. The van der Waals surface area contributed by atoms with Gasteiger partial charge < -0.3 is 14.2 Å². The number of methoxy groups -OCH3 is 3. The Balaban J connectivity index is 2.01. The van der Waals surface area contributed by atoms with E-state index in [9.17, 15) is 5.26 Å². The normalized spacial score (nSPS) is 11.0. The molecule has 0 unspecified atom stereocenters. The Morgan fingerprint density at radius 1 is 1.11 bits per heavy atom. The first-order chi connectivity index (χ1) is 13.6. The van der Waals surface area contributed by atoms with E-state index >= 15 is 0 Å². The average Bonchev–Trinajstić information content (AvgIpc) is 3.21. The number of allylic oxidation sites excluding steroid dienone is 1. The Hall–Kier alpha value is -2.82. The Bertz CT molecular complexity index is 1040. The molecule has 142 valence electrons. The van der Waals surface area contributed by atoms with Crippen LogP contribution in [0.4, 0.5) is 0 Å². The standard InChI is InChI=1S/C21H17BrN2O3S/c1-25-18-8-13(9-19(26-2)20(18)27-3)7-15(11-23)21-24-17(12-28-21)14-5-4-6-16(22)10-14/h4-10,12H,1-3H3/b15-7-. The van der Waals surface area contributed by atoms with Crippen LogP contribution in [-0.4, -0.2) is 26.3 Å². The molecular formula is C21H17BrN2O3S. The van der Waals surface area contributed by atoms with Gasteiger partial charge in [0.1, 0.15) is 11.1 Å². The maximum Gasteiger partial charge on any atom is 0.203 e. The van der Waals surface area contributed by atoms with Crippen LogP contribution < -0.4 is 14.2 Å². The van der Waals surface area contributed by atoms with E-state index in [0.29, 0.717) is 27.8 Å². The number of halogens is 1. The molecule has 7 heteroatoms. The molecule has 0 fully saturated rings. The highest BCUT2D eigenvalue weighted by Crippen LogP contribution is 2.39. The summed E-state index contributed by atoms with van der Waals surface area (Å²) in [6.07, 6.45) is 1.76. The maximum absolute atomic E-state index is 9.67. The van der Waals surface area contributed by atoms with Crippen LogP contribution in [0.2, 0.25) is 0 Å². The zero-order chi connectivity index (χ0) is 20.1. The third kappa shape index (κ3) is 4.19. The molecule has 1 heterocycles. The van der Waals surface area contributed by atoms with E-state index in [1.807, 2.05) is 29.6 Å². The van der Waals surface area contributed by atoms with Crippen LogP contribution in [0.3, 0.4) is 0 Å². The highest BCUT2D eigenvalue weighted by Gasteiger charge is 2.14. The van der Waals surface area contributed by atoms with Gasteiger partial charge in [-0.25, -0.2) is 4.98 Å². The molecule has 5 nitrogen and oxygen atoms in total. The molecular weight excluding hydrogens is 440 g/mol. The van der Waals surface area contributed by atoms with Crippen molar-refractivity contribution in [3.05, 3.63) is 56.8 Å². The summed E-state index contributed by atoms with van der Waals surface area (Å²) in [4.78, 5) is 4.63. The van der Waals surface area contributed by atoms with Gasteiger partial charge in [-0.2, -0.15) is 5.26 Å². The summed E-state index contributed by atoms with van der Waals surface area (Å²) in [5.41, 5.74) is 3.03. The van der Waals surface area contributed by atoms with Gasteiger partial charge in [0.15, 0.2) is 11.5 Å². The van der Waals surface area contributed by atoms with Gasteiger partial charge in [0.25, 0.3) is 0 Å². The number of hydrogen-bond acceptors (Lipinski definition) is 6. The maximum atomic E-state index is 9.67. The van der Waals surface area contributed by atoms with E-state index in [-0.39, 0.29) is 0 Å². The van der Waals surface area contributed by atoms with Gasteiger partial charge in [-0.3, -0.25) is 0 Å². The van der Waals surface area contributed by atoms with Gasteiger partial charge in [0.2, 0.25) is 5.75 Å². The van der Waals surface area contributed by atoms with Gasteiger partial charge in [-0.05, 0) is 35.9 Å². The van der Waals surface area contributed by atoms with E-state index in [2.05, 4.69) is 27.0 Å². The zero-order valence-corrected chi connectivity index (χ0v) is 17.9. The van der Waals surface area contributed by atoms with Crippen molar-refractivity contribution in [3.8, 4) is 34.6 Å². The van der Waals surface area contributed by atoms with Gasteiger partial charge >= 0.3 is 0 Å². The summed E-state index contributed by atoms with van der Waals surface area (Å²) >= 11 is 4.90. The first-order valence-electron chi connectivity index (χ1n) is 8.23. The number of benzene rings is 2. The third-order valence-electron chi connectivity index (χ3n) is 3.97. The fourth-order valence-electron chi connectivity index (χ4n) is 2.67. The molecule has 28 heavy (non-hydrogen) atoms. The quantitative estimate of drug-likeness (QED) is 0.447. The number of nitrogens with zero attached hydrogens (tertiary/aromatic N) is 2. The van der Waals surface area contributed by atoms with Crippen LogP contribution >= 0.6 is 27.3 Å². The van der Waals surface area contributed by atoms with Crippen LogP contribution in [0.5, 0.6) is 17.2 Å².